The molecule has 2 unspecified atom stereocenters. The van der Waals surface area contributed by atoms with Gasteiger partial charge in [-0.15, -0.1) is 0 Å². The molecule has 1 aliphatic rings. The van der Waals surface area contributed by atoms with E-state index in [4.69, 9.17) is 5.11 Å². The molecule has 1 rings (SSSR count). The van der Waals surface area contributed by atoms with E-state index in [1.54, 1.807) is 0 Å². The van der Waals surface area contributed by atoms with Crippen molar-refractivity contribution >= 4 is 11.9 Å². The van der Waals surface area contributed by atoms with Gasteiger partial charge in [-0.3, -0.25) is 9.59 Å². The van der Waals surface area contributed by atoms with E-state index in [0.29, 0.717) is 13.0 Å². The number of hydrogen-bond donors (Lipinski definition) is 2. The molecule has 1 saturated carbocycles. The summed E-state index contributed by atoms with van der Waals surface area (Å²) in [6, 6.07) is 0. The Kier molecular flexibility index (Phi) is 4.59. The van der Waals surface area contributed by atoms with E-state index in [9.17, 15) is 9.59 Å². The van der Waals surface area contributed by atoms with Gasteiger partial charge in [-0.05, 0) is 12.8 Å². The van der Waals surface area contributed by atoms with Crippen LogP contribution in [0.4, 0.5) is 0 Å². The van der Waals surface area contributed by atoms with Crippen LogP contribution in [0.2, 0.25) is 0 Å². The molecule has 0 heterocycles. The summed E-state index contributed by atoms with van der Waals surface area (Å²) in [6.45, 7) is 2.82. The lowest BCUT2D eigenvalue weighted by molar-refractivity contribution is -0.140. The highest BCUT2D eigenvalue weighted by Gasteiger charge is 2.48. The smallest absolute Gasteiger partial charge is 0.307 e. The molecule has 0 aromatic rings. The number of aliphatic carboxylic acids is 1. The van der Waals surface area contributed by atoms with E-state index in [1.807, 2.05) is 0 Å². The zero-order valence-electron chi connectivity index (χ0n) is 9.16. The third-order valence-corrected chi connectivity index (χ3v) is 2.77. The minimum Gasteiger partial charge on any atom is -0.481 e. The number of unbranched alkanes of at least 4 members (excludes halogenated alkanes) is 3. The predicted octanol–water partition coefficient (Wildman–Crippen LogP) is 1.40. The fraction of sp³-hybridized carbons (Fsp3) is 0.818. The quantitative estimate of drug-likeness (QED) is 0.628. The highest BCUT2D eigenvalue weighted by molar-refractivity contribution is 5.89. The van der Waals surface area contributed by atoms with Gasteiger partial charge in [0.15, 0.2) is 0 Å². The van der Waals surface area contributed by atoms with Crippen molar-refractivity contribution in [1.82, 2.24) is 5.32 Å². The molecule has 86 valence electrons. The van der Waals surface area contributed by atoms with Crippen LogP contribution in [0, 0.1) is 11.8 Å². The van der Waals surface area contributed by atoms with E-state index >= 15 is 0 Å². The maximum atomic E-state index is 11.4. The Morgan fingerprint density at radius 2 is 2.00 bits per heavy atom. The summed E-state index contributed by atoms with van der Waals surface area (Å²) in [5.74, 6) is -1.63. The van der Waals surface area contributed by atoms with Crippen LogP contribution in [-0.4, -0.2) is 23.5 Å². The Morgan fingerprint density at radius 3 is 2.53 bits per heavy atom. The number of carboxylic acids is 1. The summed E-state index contributed by atoms with van der Waals surface area (Å²) in [5, 5.41) is 11.4. The molecule has 0 aromatic carbocycles. The van der Waals surface area contributed by atoms with Gasteiger partial charge in [0.25, 0.3) is 0 Å². The van der Waals surface area contributed by atoms with Crippen molar-refractivity contribution in [2.24, 2.45) is 11.8 Å². The first kappa shape index (κ1) is 12.0. The second kappa shape index (κ2) is 5.73. The monoisotopic (exact) mass is 213 g/mol. The molecular weight excluding hydrogens is 194 g/mol. The maximum Gasteiger partial charge on any atom is 0.307 e. The van der Waals surface area contributed by atoms with Crippen molar-refractivity contribution in [1.29, 1.82) is 0 Å². The van der Waals surface area contributed by atoms with Crippen LogP contribution >= 0.6 is 0 Å². The van der Waals surface area contributed by atoms with Gasteiger partial charge in [0.2, 0.25) is 5.91 Å². The SMILES string of the molecule is CCCCCCNC(=O)C1CC1C(=O)O. The van der Waals surface area contributed by atoms with Gasteiger partial charge in [-0.1, -0.05) is 26.2 Å². The van der Waals surface area contributed by atoms with E-state index < -0.39 is 11.9 Å². The predicted molar refractivity (Wildman–Crippen MR) is 56.4 cm³/mol. The van der Waals surface area contributed by atoms with E-state index in [1.165, 1.54) is 12.8 Å². The number of carbonyl (C=O) groups is 2. The molecule has 0 aliphatic heterocycles. The molecule has 2 atom stereocenters. The summed E-state index contributed by atoms with van der Waals surface area (Å²) in [4.78, 5) is 21.9. The number of rotatable bonds is 7. The van der Waals surface area contributed by atoms with E-state index in [2.05, 4.69) is 12.2 Å². The van der Waals surface area contributed by atoms with E-state index in [0.717, 1.165) is 12.8 Å². The molecule has 0 saturated heterocycles. The molecule has 4 heteroatoms. The largest absolute Gasteiger partial charge is 0.481 e. The molecule has 15 heavy (non-hydrogen) atoms. The average molecular weight is 213 g/mol. The minimum absolute atomic E-state index is 0.0844. The van der Waals surface area contributed by atoms with Crippen LogP contribution in [0.5, 0.6) is 0 Å². The van der Waals surface area contributed by atoms with Crippen molar-refractivity contribution in [3.63, 3.8) is 0 Å². The number of carbonyl (C=O) groups excluding carboxylic acids is 1. The topological polar surface area (TPSA) is 66.4 Å². The first-order valence-corrected chi connectivity index (χ1v) is 5.67. The summed E-state index contributed by atoms with van der Waals surface area (Å²) in [7, 11) is 0. The summed E-state index contributed by atoms with van der Waals surface area (Å²) in [6.07, 6.45) is 5.00. The summed E-state index contributed by atoms with van der Waals surface area (Å²) in [5.41, 5.74) is 0. The lowest BCUT2D eigenvalue weighted by atomic mass is 10.2. The van der Waals surface area contributed by atoms with Gasteiger partial charge in [0.05, 0.1) is 11.8 Å². The summed E-state index contributed by atoms with van der Waals surface area (Å²) < 4.78 is 0. The lowest BCUT2D eigenvalue weighted by Crippen LogP contribution is -2.27. The molecule has 4 nitrogen and oxygen atoms in total. The van der Waals surface area contributed by atoms with Crippen LogP contribution in [0.1, 0.15) is 39.0 Å². The molecule has 0 aromatic heterocycles. The highest BCUT2D eigenvalue weighted by atomic mass is 16.4. The second-order valence-electron chi connectivity index (χ2n) is 4.14. The van der Waals surface area contributed by atoms with Crippen LogP contribution in [0.15, 0.2) is 0 Å². The zero-order valence-corrected chi connectivity index (χ0v) is 9.16. The van der Waals surface area contributed by atoms with Gasteiger partial charge in [0.1, 0.15) is 0 Å². The molecule has 1 aliphatic carbocycles. The fourth-order valence-corrected chi connectivity index (χ4v) is 1.65. The molecule has 1 amide bonds. The van der Waals surface area contributed by atoms with Crippen LogP contribution in [-0.2, 0) is 9.59 Å². The highest BCUT2D eigenvalue weighted by Crippen LogP contribution is 2.38. The maximum absolute atomic E-state index is 11.4. The average Bonchev–Trinajstić information content (AvgIpc) is 2.96. The molecule has 0 spiro atoms. The first-order chi connectivity index (χ1) is 7.16. The van der Waals surface area contributed by atoms with Gasteiger partial charge < -0.3 is 10.4 Å². The van der Waals surface area contributed by atoms with Crippen molar-refractivity contribution < 1.29 is 14.7 Å². The summed E-state index contributed by atoms with van der Waals surface area (Å²) >= 11 is 0. The first-order valence-electron chi connectivity index (χ1n) is 5.67. The molecule has 0 bridgehead atoms. The van der Waals surface area contributed by atoms with Crippen LogP contribution in [0.25, 0.3) is 0 Å². The lowest BCUT2D eigenvalue weighted by Gasteiger charge is -2.03. The Morgan fingerprint density at radius 1 is 1.27 bits per heavy atom. The van der Waals surface area contributed by atoms with E-state index in [-0.39, 0.29) is 11.8 Å². The minimum atomic E-state index is -0.846. The fourth-order valence-electron chi connectivity index (χ4n) is 1.65. The standard InChI is InChI=1S/C11H19NO3/c1-2-3-4-5-6-12-10(13)8-7-9(8)11(14)15/h8-9H,2-7H2,1H3,(H,12,13)(H,14,15). The van der Waals surface area contributed by atoms with Crippen LogP contribution < -0.4 is 5.32 Å². The van der Waals surface area contributed by atoms with Gasteiger partial charge in [0, 0.05) is 6.54 Å². The van der Waals surface area contributed by atoms with Crippen molar-refractivity contribution in [2.45, 2.75) is 39.0 Å². The molecule has 0 radical (unpaired) electrons. The second-order valence-corrected chi connectivity index (χ2v) is 4.14. The van der Waals surface area contributed by atoms with Gasteiger partial charge in [-0.25, -0.2) is 0 Å². The van der Waals surface area contributed by atoms with Crippen molar-refractivity contribution in [2.75, 3.05) is 6.54 Å². The third-order valence-electron chi connectivity index (χ3n) is 2.77. The number of carboxylic acid groups (broad SMARTS) is 1. The van der Waals surface area contributed by atoms with Crippen molar-refractivity contribution in [3.05, 3.63) is 0 Å². The number of nitrogens with one attached hydrogen (secondary N) is 1. The number of hydrogen-bond acceptors (Lipinski definition) is 2. The molecular formula is C11H19NO3. The van der Waals surface area contributed by atoms with Crippen LogP contribution in [0.3, 0.4) is 0 Å². The normalized spacial score (nSPS) is 23.5. The van der Waals surface area contributed by atoms with Gasteiger partial charge in [-0.2, -0.15) is 0 Å². The Balaban J connectivity index is 2.03. The zero-order chi connectivity index (χ0) is 11.3. The number of amides is 1. The van der Waals surface area contributed by atoms with Crippen molar-refractivity contribution in [3.8, 4) is 0 Å². The molecule has 1 fully saturated rings. The Hall–Kier alpha value is -1.06. The van der Waals surface area contributed by atoms with Gasteiger partial charge >= 0.3 is 5.97 Å². The molecule has 2 N–H and O–H groups in total. The Bertz CT molecular complexity index is 240. The Labute approximate surface area is 90.0 Å². The third kappa shape index (κ3) is 3.90.